The van der Waals surface area contributed by atoms with Crippen molar-refractivity contribution in [1.82, 2.24) is 4.90 Å². The molecule has 0 aliphatic rings. The number of nitrogens with zero attached hydrogens (tertiary/aromatic N) is 2. The molecule has 0 radical (unpaired) electrons. The second-order valence-electron chi connectivity index (χ2n) is 4.37. The Morgan fingerprint density at radius 3 is 2.47 bits per heavy atom. The molecule has 0 saturated heterocycles. The van der Waals surface area contributed by atoms with E-state index in [9.17, 15) is 4.79 Å². The van der Waals surface area contributed by atoms with E-state index in [4.69, 9.17) is 15.1 Å². The van der Waals surface area contributed by atoms with Crippen LogP contribution in [0, 0.1) is 11.3 Å². The first-order valence-electron chi connectivity index (χ1n) is 4.79. The Bertz CT molecular complexity index is 250. The highest BCUT2D eigenvalue weighted by Crippen LogP contribution is 2.09. The first-order valence-corrected chi connectivity index (χ1v) is 4.79. The monoisotopic (exact) mass is 214 g/mol. The SMILES string of the molecule is C[C@@H](O)CN(CC#N)C(=O)OC(C)(C)C. The van der Waals surface area contributed by atoms with Gasteiger partial charge in [0.1, 0.15) is 12.1 Å². The lowest BCUT2D eigenvalue weighted by molar-refractivity contribution is 0.0191. The van der Waals surface area contributed by atoms with Crippen LogP contribution in [0.5, 0.6) is 0 Å². The van der Waals surface area contributed by atoms with Crippen LogP contribution in [0.3, 0.4) is 0 Å². The van der Waals surface area contributed by atoms with E-state index >= 15 is 0 Å². The highest BCUT2D eigenvalue weighted by molar-refractivity contribution is 5.68. The van der Waals surface area contributed by atoms with Gasteiger partial charge in [-0.3, -0.25) is 4.90 Å². The molecule has 0 aliphatic heterocycles. The summed E-state index contributed by atoms with van der Waals surface area (Å²) in [6, 6.07) is 1.85. The molecule has 0 aliphatic carbocycles. The Kier molecular flexibility index (Phi) is 5.09. The highest BCUT2D eigenvalue weighted by Gasteiger charge is 2.22. The first-order chi connectivity index (χ1) is 6.76. The number of hydrogen-bond donors (Lipinski definition) is 1. The zero-order valence-electron chi connectivity index (χ0n) is 9.65. The molecular weight excluding hydrogens is 196 g/mol. The van der Waals surface area contributed by atoms with Crippen molar-refractivity contribution in [3.05, 3.63) is 0 Å². The van der Waals surface area contributed by atoms with Gasteiger partial charge < -0.3 is 9.84 Å². The third kappa shape index (κ3) is 6.75. The van der Waals surface area contributed by atoms with Crippen LogP contribution in [0.25, 0.3) is 0 Å². The van der Waals surface area contributed by atoms with Crippen LogP contribution in [-0.4, -0.2) is 40.9 Å². The van der Waals surface area contributed by atoms with Gasteiger partial charge in [0.2, 0.25) is 0 Å². The Morgan fingerprint density at radius 1 is 1.60 bits per heavy atom. The van der Waals surface area contributed by atoms with Gasteiger partial charge in [0.15, 0.2) is 0 Å². The zero-order chi connectivity index (χ0) is 12.1. The van der Waals surface area contributed by atoms with Crippen LogP contribution in [0.1, 0.15) is 27.7 Å². The molecule has 0 unspecified atom stereocenters. The van der Waals surface area contributed by atoms with E-state index in [1.807, 2.05) is 6.07 Å². The molecule has 0 rings (SSSR count). The topological polar surface area (TPSA) is 73.6 Å². The van der Waals surface area contributed by atoms with Crippen molar-refractivity contribution >= 4 is 6.09 Å². The van der Waals surface area contributed by atoms with Crippen molar-refractivity contribution in [1.29, 1.82) is 5.26 Å². The number of amides is 1. The fourth-order valence-corrected chi connectivity index (χ4v) is 0.934. The molecule has 86 valence electrons. The molecule has 0 spiro atoms. The van der Waals surface area contributed by atoms with Gasteiger partial charge in [0, 0.05) is 0 Å². The van der Waals surface area contributed by atoms with Gasteiger partial charge in [-0.05, 0) is 27.7 Å². The molecule has 0 aromatic heterocycles. The molecule has 0 fully saturated rings. The molecule has 1 N–H and O–H groups in total. The van der Waals surface area contributed by atoms with Crippen molar-refractivity contribution in [2.45, 2.75) is 39.4 Å². The Morgan fingerprint density at radius 2 is 2.13 bits per heavy atom. The lowest BCUT2D eigenvalue weighted by atomic mass is 10.2. The molecule has 1 amide bonds. The van der Waals surface area contributed by atoms with Gasteiger partial charge in [-0.2, -0.15) is 5.26 Å². The third-order valence-electron chi connectivity index (χ3n) is 1.40. The molecule has 0 aromatic carbocycles. The number of aliphatic hydroxyl groups is 1. The van der Waals surface area contributed by atoms with E-state index in [0.717, 1.165) is 0 Å². The second-order valence-corrected chi connectivity index (χ2v) is 4.37. The summed E-state index contributed by atoms with van der Waals surface area (Å²) in [5.74, 6) is 0. The summed E-state index contributed by atoms with van der Waals surface area (Å²) in [6.07, 6.45) is -1.25. The summed E-state index contributed by atoms with van der Waals surface area (Å²) < 4.78 is 5.08. The zero-order valence-corrected chi connectivity index (χ0v) is 9.65. The maximum Gasteiger partial charge on any atom is 0.411 e. The third-order valence-corrected chi connectivity index (χ3v) is 1.40. The smallest absolute Gasteiger partial charge is 0.411 e. The van der Waals surface area contributed by atoms with Crippen molar-refractivity contribution in [2.75, 3.05) is 13.1 Å². The number of carbonyl (C=O) groups is 1. The van der Waals surface area contributed by atoms with Crippen LogP contribution in [0.4, 0.5) is 4.79 Å². The molecule has 1 atom stereocenters. The summed E-state index contributed by atoms with van der Waals surface area (Å²) in [4.78, 5) is 12.7. The van der Waals surface area contributed by atoms with Crippen LogP contribution in [0.2, 0.25) is 0 Å². The largest absolute Gasteiger partial charge is 0.444 e. The maximum absolute atomic E-state index is 11.5. The number of rotatable bonds is 3. The first kappa shape index (κ1) is 13.7. The summed E-state index contributed by atoms with van der Waals surface area (Å²) in [6.45, 7) is 6.81. The van der Waals surface area contributed by atoms with E-state index in [0.29, 0.717) is 0 Å². The number of hydrogen-bond acceptors (Lipinski definition) is 4. The van der Waals surface area contributed by atoms with Crippen molar-refractivity contribution in [2.24, 2.45) is 0 Å². The molecular formula is C10H18N2O3. The minimum Gasteiger partial charge on any atom is -0.444 e. The summed E-state index contributed by atoms with van der Waals surface area (Å²) in [5, 5.41) is 17.7. The van der Waals surface area contributed by atoms with Crippen LogP contribution in [-0.2, 0) is 4.74 Å². The Balaban J connectivity index is 4.37. The van der Waals surface area contributed by atoms with E-state index in [-0.39, 0.29) is 13.1 Å². The summed E-state index contributed by atoms with van der Waals surface area (Å²) >= 11 is 0. The summed E-state index contributed by atoms with van der Waals surface area (Å²) in [7, 11) is 0. The standard InChI is InChI=1S/C10H18N2O3/c1-8(13)7-12(6-5-11)9(14)15-10(2,3)4/h8,13H,6-7H2,1-4H3/t8-/m1/s1. The second kappa shape index (κ2) is 5.56. The minimum atomic E-state index is -0.675. The van der Waals surface area contributed by atoms with Gasteiger partial charge in [0.25, 0.3) is 0 Å². The lowest BCUT2D eigenvalue weighted by Crippen LogP contribution is -2.40. The van der Waals surface area contributed by atoms with E-state index < -0.39 is 17.8 Å². The quantitative estimate of drug-likeness (QED) is 0.715. The number of carbonyl (C=O) groups excluding carboxylic acids is 1. The van der Waals surface area contributed by atoms with Crippen LogP contribution >= 0.6 is 0 Å². The molecule has 0 saturated carbocycles. The fourth-order valence-electron chi connectivity index (χ4n) is 0.934. The number of ether oxygens (including phenoxy) is 1. The average molecular weight is 214 g/mol. The molecule has 15 heavy (non-hydrogen) atoms. The van der Waals surface area contributed by atoms with E-state index in [1.54, 1.807) is 27.7 Å². The lowest BCUT2D eigenvalue weighted by Gasteiger charge is -2.26. The van der Waals surface area contributed by atoms with Crippen molar-refractivity contribution in [3.63, 3.8) is 0 Å². The van der Waals surface area contributed by atoms with Gasteiger partial charge in [0.05, 0.1) is 18.7 Å². The van der Waals surface area contributed by atoms with E-state index in [1.165, 1.54) is 4.90 Å². The minimum absolute atomic E-state index is 0.0835. The van der Waals surface area contributed by atoms with Gasteiger partial charge in [-0.25, -0.2) is 4.79 Å². The van der Waals surface area contributed by atoms with Crippen LogP contribution < -0.4 is 0 Å². The molecule has 5 nitrogen and oxygen atoms in total. The highest BCUT2D eigenvalue weighted by atomic mass is 16.6. The molecule has 5 heteroatoms. The normalized spacial score (nSPS) is 12.8. The predicted octanol–water partition coefficient (Wildman–Crippen LogP) is 1.13. The van der Waals surface area contributed by atoms with Gasteiger partial charge in [-0.1, -0.05) is 0 Å². The molecule has 0 heterocycles. The molecule has 0 bridgehead atoms. The average Bonchev–Trinajstić information content (AvgIpc) is 1.99. The van der Waals surface area contributed by atoms with Gasteiger partial charge in [-0.15, -0.1) is 0 Å². The van der Waals surface area contributed by atoms with Gasteiger partial charge >= 0.3 is 6.09 Å². The number of aliphatic hydroxyl groups excluding tert-OH is 1. The van der Waals surface area contributed by atoms with E-state index in [2.05, 4.69) is 0 Å². The van der Waals surface area contributed by atoms with Crippen LogP contribution in [0.15, 0.2) is 0 Å². The Hall–Kier alpha value is -1.28. The molecule has 0 aromatic rings. The van der Waals surface area contributed by atoms with Crippen molar-refractivity contribution in [3.8, 4) is 6.07 Å². The number of nitriles is 1. The van der Waals surface area contributed by atoms with Crippen molar-refractivity contribution < 1.29 is 14.6 Å². The predicted molar refractivity (Wildman–Crippen MR) is 55.1 cm³/mol. The fraction of sp³-hybridized carbons (Fsp3) is 0.800. The Labute approximate surface area is 90.2 Å². The maximum atomic E-state index is 11.5. The summed E-state index contributed by atoms with van der Waals surface area (Å²) in [5.41, 5.74) is -0.594.